The van der Waals surface area contributed by atoms with E-state index in [4.69, 9.17) is 18.6 Å². The van der Waals surface area contributed by atoms with Crippen LogP contribution in [0.5, 0.6) is 0 Å². The molecule has 184 valence electrons. The molecule has 0 amide bonds. The van der Waals surface area contributed by atoms with E-state index in [0.717, 1.165) is 11.1 Å². The second-order valence-electron chi connectivity index (χ2n) is 10.6. The summed E-state index contributed by atoms with van der Waals surface area (Å²) in [6, 6.07) is 1.74. The number of carbonyl (C=O) groups is 4. The molecule has 7 atom stereocenters. The van der Waals surface area contributed by atoms with E-state index in [1.807, 2.05) is 13.8 Å². The molecule has 0 radical (unpaired) electrons. The average Bonchev–Trinajstić information content (AvgIpc) is 3.28. The summed E-state index contributed by atoms with van der Waals surface area (Å²) in [5, 5.41) is 0. The van der Waals surface area contributed by atoms with Crippen molar-refractivity contribution in [3.05, 3.63) is 35.8 Å². The maximum absolute atomic E-state index is 14.0. The molecule has 1 aromatic heterocycles. The van der Waals surface area contributed by atoms with Gasteiger partial charge in [0.25, 0.3) is 0 Å². The van der Waals surface area contributed by atoms with E-state index >= 15 is 0 Å². The van der Waals surface area contributed by atoms with Crippen molar-refractivity contribution in [3.63, 3.8) is 0 Å². The number of rotatable bonds is 4. The molecule has 34 heavy (non-hydrogen) atoms. The highest BCUT2D eigenvalue weighted by molar-refractivity contribution is 5.94. The van der Waals surface area contributed by atoms with Crippen molar-refractivity contribution in [2.75, 3.05) is 7.11 Å². The van der Waals surface area contributed by atoms with Gasteiger partial charge in [-0.1, -0.05) is 19.4 Å². The standard InChI is InChI=1S/C26H32O8/c1-14(2)10-20(27)33-18-11-17(23(29)31-5)25(3)8-6-16-24(30)34-19(15-7-9-32-13-15)12-26(16,4)22(25)21(18)28/h7,9-10,13,16-19,22H,6,8,11-12H2,1-5H3/t16-,17-,18-,19-,22-,25-,26-/m0/s1. The number of esters is 3. The fraction of sp³-hybridized carbons (Fsp3) is 0.615. The highest BCUT2D eigenvalue weighted by Gasteiger charge is 2.67. The molecule has 1 saturated heterocycles. The predicted octanol–water partition coefficient (Wildman–Crippen LogP) is 3.95. The highest BCUT2D eigenvalue weighted by Crippen LogP contribution is 2.65. The molecular formula is C26H32O8. The van der Waals surface area contributed by atoms with Crippen LogP contribution in [0.2, 0.25) is 0 Å². The zero-order chi connectivity index (χ0) is 24.8. The van der Waals surface area contributed by atoms with Crippen molar-refractivity contribution in [1.29, 1.82) is 0 Å². The summed E-state index contributed by atoms with van der Waals surface area (Å²) in [5.74, 6) is -3.49. The lowest BCUT2D eigenvalue weighted by atomic mass is 9.43. The summed E-state index contributed by atoms with van der Waals surface area (Å²) in [4.78, 5) is 52.5. The molecule has 2 aliphatic carbocycles. The quantitative estimate of drug-likeness (QED) is 0.368. The van der Waals surface area contributed by atoms with Gasteiger partial charge < -0.3 is 18.6 Å². The molecule has 0 unspecified atom stereocenters. The molecule has 8 heteroatoms. The van der Waals surface area contributed by atoms with Crippen LogP contribution in [0.3, 0.4) is 0 Å². The maximum atomic E-state index is 14.0. The summed E-state index contributed by atoms with van der Waals surface area (Å²) >= 11 is 0. The van der Waals surface area contributed by atoms with Crippen LogP contribution in [0.4, 0.5) is 0 Å². The number of ether oxygens (including phenoxy) is 3. The minimum atomic E-state index is -1.09. The molecular weight excluding hydrogens is 440 g/mol. The van der Waals surface area contributed by atoms with E-state index < -0.39 is 52.7 Å². The predicted molar refractivity (Wildman–Crippen MR) is 119 cm³/mol. The molecule has 0 aromatic carbocycles. The molecule has 1 aromatic rings. The molecule has 2 saturated carbocycles. The Morgan fingerprint density at radius 2 is 1.91 bits per heavy atom. The first-order valence-corrected chi connectivity index (χ1v) is 11.7. The van der Waals surface area contributed by atoms with Crippen LogP contribution in [0.15, 0.2) is 34.7 Å². The van der Waals surface area contributed by atoms with Gasteiger partial charge in [-0.05, 0) is 50.0 Å². The number of Topliss-reactive ketones (excluding diaryl/α,β-unsaturated/α-hetero) is 1. The summed E-state index contributed by atoms with van der Waals surface area (Å²) in [6.45, 7) is 7.38. The van der Waals surface area contributed by atoms with E-state index in [1.54, 1.807) is 19.9 Å². The second kappa shape index (κ2) is 8.71. The molecule has 0 bridgehead atoms. The Labute approximate surface area is 199 Å². The third kappa shape index (κ3) is 3.87. The first kappa shape index (κ1) is 24.2. The van der Waals surface area contributed by atoms with Crippen molar-refractivity contribution >= 4 is 23.7 Å². The topological polar surface area (TPSA) is 109 Å². The molecule has 1 aliphatic heterocycles. The van der Waals surface area contributed by atoms with Gasteiger partial charge in [-0.2, -0.15) is 0 Å². The van der Waals surface area contributed by atoms with Crippen LogP contribution < -0.4 is 0 Å². The minimum absolute atomic E-state index is 0.0667. The molecule has 4 rings (SSSR count). The van der Waals surface area contributed by atoms with Gasteiger partial charge in [-0.3, -0.25) is 14.4 Å². The van der Waals surface area contributed by atoms with E-state index in [2.05, 4.69) is 0 Å². The summed E-state index contributed by atoms with van der Waals surface area (Å²) in [5.41, 5.74) is -0.0762. The van der Waals surface area contributed by atoms with Gasteiger partial charge in [-0.15, -0.1) is 0 Å². The van der Waals surface area contributed by atoms with Gasteiger partial charge in [0.1, 0.15) is 6.10 Å². The van der Waals surface area contributed by atoms with E-state index in [9.17, 15) is 19.2 Å². The molecule has 2 heterocycles. The minimum Gasteiger partial charge on any atom is -0.472 e. The number of hydrogen-bond donors (Lipinski definition) is 0. The van der Waals surface area contributed by atoms with Crippen LogP contribution >= 0.6 is 0 Å². The van der Waals surface area contributed by atoms with Crippen LogP contribution in [-0.2, 0) is 33.4 Å². The Morgan fingerprint density at radius 3 is 2.53 bits per heavy atom. The number of hydrogen-bond acceptors (Lipinski definition) is 8. The number of methoxy groups -OCH3 is 1. The van der Waals surface area contributed by atoms with Crippen LogP contribution in [0.25, 0.3) is 0 Å². The normalized spacial score (nSPS) is 37.0. The number of ketones is 1. The van der Waals surface area contributed by atoms with Gasteiger partial charge in [0.2, 0.25) is 0 Å². The molecule has 0 N–H and O–H groups in total. The van der Waals surface area contributed by atoms with Gasteiger partial charge >= 0.3 is 17.9 Å². The Morgan fingerprint density at radius 1 is 1.18 bits per heavy atom. The van der Waals surface area contributed by atoms with E-state index in [1.165, 1.54) is 25.7 Å². The van der Waals surface area contributed by atoms with Crippen LogP contribution in [0.1, 0.15) is 65.0 Å². The zero-order valence-electron chi connectivity index (χ0n) is 20.3. The number of cyclic esters (lactones) is 1. The number of carbonyl (C=O) groups excluding carboxylic acids is 4. The molecule has 3 aliphatic rings. The molecule has 0 spiro atoms. The summed E-state index contributed by atoms with van der Waals surface area (Å²) in [7, 11) is 1.32. The third-order valence-electron chi connectivity index (χ3n) is 8.17. The smallest absolute Gasteiger partial charge is 0.331 e. The highest BCUT2D eigenvalue weighted by atomic mass is 16.6. The lowest BCUT2D eigenvalue weighted by Crippen LogP contribution is -2.64. The monoisotopic (exact) mass is 472 g/mol. The molecule has 3 fully saturated rings. The average molecular weight is 473 g/mol. The fourth-order valence-electron chi connectivity index (χ4n) is 6.67. The Bertz CT molecular complexity index is 1020. The SMILES string of the molecule is COC(=O)[C@@H]1C[C@H](OC(=O)C=C(C)C)C(=O)[C@H]2[C@@]1(C)CC[C@H]1C(=O)O[C@H](c3ccoc3)C[C@]21C. The summed E-state index contributed by atoms with van der Waals surface area (Å²) < 4.78 is 21.6. The Hall–Kier alpha value is -2.90. The van der Waals surface area contributed by atoms with Crippen molar-refractivity contribution < 1.29 is 37.8 Å². The lowest BCUT2D eigenvalue weighted by Gasteiger charge is -2.60. The van der Waals surface area contributed by atoms with Gasteiger partial charge in [-0.25, -0.2) is 4.79 Å². The van der Waals surface area contributed by atoms with Crippen molar-refractivity contribution in [1.82, 2.24) is 0 Å². The Kier molecular flexibility index (Phi) is 6.21. The zero-order valence-corrected chi connectivity index (χ0v) is 20.3. The number of fused-ring (bicyclic) bond motifs is 3. The first-order valence-electron chi connectivity index (χ1n) is 11.7. The first-order chi connectivity index (χ1) is 16.0. The second-order valence-corrected chi connectivity index (χ2v) is 10.6. The molecule has 8 nitrogen and oxygen atoms in total. The van der Waals surface area contributed by atoms with E-state index in [-0.39, 0.29) is 18.2 Å². The lowest BCUT2D eigenvalue weighted by molar-refractivity contribution is -0.210. The van der Waals surface area contributed by atoms with Crippen LogP contribution in [0, 0.1) is 28.6 Å². The number of furan rings is 1. The Balaban J connectivity index is 1.77. The fourth-order valence-corrected chi connectivity index (χ4v) is 6.67. The van der Waals surface area contributed by atoms with Crippen molar-refractivity contribution in [2.24, 2.45) is 28.6 Å². The van der Waals surface area contributed by atoms with Crippen LogP contribution in [-0.4, -0.2) is 36.9 Å². The largest absolute Gasteiger partial charge is 0.472 e. The van der Waals surface area contributed by atoms with Gasteiger partial charge in [0, 0.05) is 24.0 Å². The third-order valence-corrected chi connectivity index (χ3v) is 8.17. The number of allylic oxidation sites excluding steroid dienone is 1. The van der Waals surface area contributed by atoms with Crippen molar-refractivity contribution in [2.45, 2.75) is 65.6 Å². The van der Waals surface area contributed by atoms with E-state index in [0.29, 0.717) is 19.3 Å². The maximum Gasteiger partial charge on any atom is 0.331 e. The summed E-state index contributed by atoms with van der Waals surface area (Å²) in [6.07, 6.45) is 4.18. The van der Waals surface area contributed by atoms with Gasteiger partial charge in [0.05, 0.1) is 31.5 Å². The van der Waals surface area contributed by atoms with Crippen molar-refractivity contribution in [3.8, 4) is 0 Å². The van der Waals surface area contributed by atoms with Gasteiger partial charge in [0.15, 0.2) is 11.9 Å².